The Kier molecular flexibility index (Phi) is 3.49. The number of rotatable bonds is 2. The summed E-state index contributed by atoms with van der Waals surface area (Å²) in [4.78, 5) is 19.6. The van der Waals surface area contributed by atoms with Crippen LogP contribution in [0.4, 0.5) is 0 Å². The molecule has 1 N–H and O–H groups in total. The maximum Gasteiger partial charge on any atom is 0.254 e. The molecule has 0 atom stereocenters. The Morgan fingerprint density at radius 3 is 2.90 bits per heavy atom. The van der Waals surface area contributed by atoms with E-state index in [1.807, 2.05) is 0 Å². The number of halogens is 1. The van der Waals surface area contributed by atoms with Crippen LogP contribution in [0.3, 0.4) is 0 Å². The van der Waals surface area contributed by atoms with Crippen LogP contribution in [0.1, 0.15) is 24.1 Å². The van der Waals surface area contributed by atoms with Gasteiger partial charge in [0.2, 0.25) is 0 Å². The van der Waals surface area contributed by atoms with E-state index in [9.17, 15) is 4.79 Å². The van der Waals surface area contributed by atoms with Crippen molar-refractivity contribution in [2.45, 2.75) is 25.7 Å². The average Bonchev–Trinajstić information content (AvgIpc) is 2.46. The highest BCUT2D eigenvalue weighted by Gasteiger charge is 2.19. The fourth-order valence-electron chi connectivity index (χ4n) is 2.63. The number of H-pyrrole nitrogens is 1. The van der Waals surface area contributed by atoms with E-state index >= 15 is 0 Å². The van der Waals surface area contributed by atoms with Gasteiger partial charge in [0.1, 0.15) is 11.6 Å². The highest BCUT2D eigenvalue weighted by atomic mass is 35.5. The molecule has 0 bridgehead atoms. The van der Waals surface area contributed by atoms with Crippen LogP contribution in [0.2, 0.25) is 5.02 Å². The molecule has 0 radical (unpaired) electrons. The Bertz CT molecular complexity index is 710. The third-order valence-electron chi connectivity index (χ3n) is 3.62. The summed E-state index contributed by atoms with van der Waals surface area (Å²) in [6.07, 6.45) is 3.77. The number of hydrogen-bond acceptors (Lipinski definition) is 3. The minimum absolute atomic E-state index is 0.0633. The van der Waals surface area contributed by atoms with Crippen LogP contribution in [-0.2, 0) is 12.8 Å². The van der Waals surface area contributed by atoms with E-state index in [0.29, 0.717) is 22.2 Å². The van der Waals surface area contributed by atoms with E-state index in [-0.39, 0.29) is 5.56 Å². The molecule has 0 saturated heterocycles. The maximum absolute atomic E-state index is 12.2. The number of aromatic nitrogens is 2. The molecular formula is C15H15ClN2O2. The van der Waals surface area contributed by atoms with Gasteiger partial charge in [-0.1, -0.05) is 17.7 Å². The van der Waals surface area contributed by atoms with Gasteiger partial charge >= 0.3 is 0 Å². The van der Waals surface area contributed by atoms with E-state index < -0.39 is 0 Å². The normalized spacial score (nSPS) is 13.9. The molecule has 0 fully saturated rings. The van der Waals surface area contributed by atoms with Crippen LogP contribution in [0.25, 0.3) is 11.4 Å². The summed E-state index contributed by atoms with van der Waals surface area (Å²) in [5, 5.41) is 0.517. The summed E-state index contributed by atoms with van der Waals surface area (Å²) in [5.74, 6) is 1.09. The van der Waals surface area contributed by atoms with Gasteiger partial charge in [-0.15, -0.1) is 0 Å². The number of methoxy groups -OCH3 is 1. The van der Waals surface area contributed by atoms with Gasteiger partial charge in [-0.3, -0.25) is 4.79 Å². The molecule has 2 aromatic rings. The number of fused-ring (bicyclic) bond motifs is 1. The van der Waals surface area contributed by atoms with Crippen molar-refractivity contribution in [1.82, 2.24) is 9.97 Å². The van der Waals surface area contributed by atoms with E-state index in [1.165, 1.54) is 0 Å². The first kappa shape index (κ1) is 13.2. The second kappa shape index (κ2) is 5.29. The van der Waals surface area contributed by atoms with Crippen LogP contribution >= 0.6 is 11.6 Å². The number of aromatic amines is 1. The number of nitrogens with zero attached hydrogens (tertiary/aromatic N) is 1. The molecule has 4 nitrogen and oxygen atoms in total. The summed E-state index contributed by atoms with van der Waals surface area (Å²) < 4.78 is 5.32. The van der Waals surface area contributed by atoms with Crippen molar-refractivity contribution in [3.05, 3.63) is 44.8 Å². The first-order chi connectivity index (χ1) is 9.70. The van der Waals surface area contributed by atoms with Crippen molar-refractivity contribution in [2.75, 3.05) is 7.11 Å². The lowest BCUT2D eigenvalue weighted by Crippen LogP contribution is -2.21. The summed E-state index contributed by atoms with van der Waals surface area (Å²) in [5.41, 5.74) is 2.27. The van der Waals surface area contributed by atoms with Crippen LogP contribution in [-0.4, -0.2) is 17.1 Å². The molecule has 5 heteroatoms. The number of nitrogens with one attached hydrogen (secondary N) is 1. The summed E-state index contributed by atoms with van der Waals surface area (Å²) in [6, 6.07) is 5.38. The molecule has 0 unspecified atom stereocenters. The topological polar surface area (TPSA) is 55.0 Å². The Balaban J connectivity index is 2.21. The first-order valence-electron chi connectivity index (χ1n) is 6.65. The van der Waals surface area contributed by atoms with Gasteiger partial charge in [0.25, 0.3) is 5.56 Å². The Hall–Kier alpha value is -1.81. The smallest absolute Gasteiger partial charge is 0.254 e. The Morgan fingerprint density at radius 1 is 1.30 bits per heavy atom. The summed E-state index contributed by atoms with van der Waals surface area (Å²) >= 11 is 6.24. The molecule has 1 heterocycles. The average molecular weight is 291 g/mol. The van der Waals surface area contributed by atoms with Gasteiger partial charge in [-0.25, -0.2) is 4.98 Å². The van der Waals surface area contributed by atoms with E-state index in [1.54, 1.807) is 25.3 Å². The zero-order valence-electron chi connectivity index (χ0n) is 11.2. The fourth-order valence-corrected chi connectivity index (χ4v) is 2.88. The summed E-state index contributed by atoms with van der Waals surface area (Å²) in [7, 11) is 1.58. The second-order valence-corrected chi connectivity index (χ2v) is 5.27. The molecule has 0 aliphatic heterocycles. The lowest BCUT2D eigenvalue weighted by atomic mass is 9.97. The molecule has 0 amide bonds. The predicted octanol–water partition coefficient (Wildman–Crippen LogP) is 2.98. The fraction of sp³-hybridized carbons (Fsp3) is 0.333. The quantitative estimate of drug-likeness (QED) is 0.925. The van der Waals surface area contributed by atoms with Crippen molar-refractivity contribution in [1.29, 1.82) is 0 Å². The van der Waals surface area contributed by atoms with Crippen LogP contribution in [0.15, 0.2) is 23.0 Å². The molecule has 1 aromatic carbocycles. The molecule has 104 valence electrons. The van der Waals surface area contributed by atoms with Gasteiger partial charge in [0, 0.05) is 5.56 Å². The lowest BCUT2D eigenvalue weighted by molar-refractivity contribution is 0.416. The number of hydrogen-bond donors (Lipinski definition) is 1. The highest BCUT2D eigenvalue weighted by Crippen LogP contribution is 2.34. The van der Waals surface area contributed by atoms with E-state index in [2.05, 4.69) is 9.97 Å². The van der Waals surface area contributed by atoms with Gasteiger partial charge in [0.15, 0.2) is 0 Å². The zero-order chi connectivity index (χ0) is 14.1. The third-order valence-corrected chi connectivity index (χ3v) is 3.94. The first-order valence-corrected chi connectivity index (χ1v) is 7.03. The standard InChI is InChI=1S/C15H15ClN2O2/c1-20-12-8-4-6-10(16)13(12)14-17-11-7-3-2-5-9(11)15(19)18-14/h4,6,8H,2-3,5,7H2,1H3,(H,17,18,19). The predicted molar refractivity (Wildman–Crippen MR) is 78.5 cm³/mol. The van der Waals surface area contributed by atoms with Crippen LogP contribution < -0.4 is 10.3 Å². The molecule has 20 heavy (non-hydrogen) atoms. The highest BCUT2D eigenvalue weighted by molar-refractivity contribution is 6.33. The molecule has 1 aliphatic rings. The minimum Gasteiger partial charge on any atom is -0.496 e. The molecule has 1 aliphatic carbocycles. The zero-order valence-corrected chi connectivity index (χ0v) is 12.0. The molecule has 0 saturated carbocycles. The van der Waals surface area contributed by atoms with Crippen molar-refractivity contribution in [3.63, 3.8) is 0 Å². The van der Waals surface area contributed by atoms with Gasteiger partial charge < -0.3 is 9.72 Å². The van der Waals surface area contributed by atoms with Crippen molar-refractivity contribution >= 4 is 11.6 Å². The van der Waals surface area contributed by atoms with Crippen LogP contribution in [0, 0.1) is 0 Å². The lowest BCUT2D eigenvalue weighted by Gasteiger charge is -2.16. The Morgan fingerprint density at radius 2 is 2.10 bits per heavy atom. The Labute approximate surface area is 121 Å². The van der Waals surface area contributed by atoms with Gasteiger partial charge in [-0.05, 0) is 37.8 Å². The van der Waals surface area contributed by atoms with Crippen molar-refractivity contribution < 1.29 is 4.74 Å². The molecular weight excluding hydrogens is 276 g/mol. The second-order valence-electron chi connectivity index (χ2n) is 4.86. The van der Waals surface area contributed by atoms with Crippen molar-refractivity contribution in [3.8, 4) is 17.1 Å². The molecule has 1 aromatic heterocycles. The third kappa shape index (κ3) is 2.20. The van der Waals surface area contributed by atoms with Crippen LogP contribution in [0.5, 0.6) is 5.75 Å². The minimum atomic E-state index is -0.0633. The SMILES string of the molecule is COc1cccc(Cl)c1-c1nc2c(c(=O)[nH]1)CCCC2. The van der Waals surface area contributed by atoms with Gasteiger partial charge in [0.05, 0.1) is 23.4 Å². The maximum atomic E-state index is 12.2. The number of aryl methyl sites for hydroxylation is 1. The number of ether oxygens (including phenoxy) is 1. The molecule has 3 rings (SSSR count). The largest absolute Gasteiger partial charge is 0.496 e. The molecule has 0 spiro atoms. The number of benzene rings is 1. The van der Waals surface area contributed by atoms with E-state index in [0.717, 1.165) is 36.9 Å². The summed E-state index contributed by atoms with van der Waals surface area (Å²) in [6.45, 7) is 0. The van der Waals surface area contributed by atoms with Gasteiger partial charge in [-0.2, -0.15) is 0 Å². The monoisotopic (exact) mass is 290 g/mol. The van der Waals surface area contributed by atoms with E-state index in [4.69, 9.17) is 16.3 Å². The van der Waals surface area contributed by atoms with Crippen molar-refractivity contribution in [2.24, 2.45) is 0 Å².